The van der Waals surface area contributed by atoms with Crippen LogP contribution >= 0.6 is 0 Å². The van der Waals surface area contributed by atoms with Crippen LogP contribution < -0.4 is 31.9 Å². The second kappa shape index (κ2) is 30.6. The molecule has 31 heteroatoms. The molecule has 0 spiro atoms. The highest BCUT2D eigenvalue weighted by atomic mass is 16.6. The van der Waals surface area contributed by atoms with Crippen molar-refractivity contribution in [3.8, 4) is 0 Å². The first-order chi connectivity index (χ1) is 39.9. The van der Waals surface area contributed by atoms with Gasteiger partial charge in [0.2, 0.25) is 47.6 Å². The van der Waals surface area contributed by atoms with Crippen molar-refractivity contribution in [1.29, 1.82) is 0 Å². The summed E-state index contributed by atoms with van der Waals surface area (Å²) in [7, 11) is 0. The highest BCUT2D eigenvalue weighted by Crippen LogP contribution is 2.35. The Balaban J connectivity index is 0.942. The Labute approximate surface area is 482 Å². The first-order valence-electron chi connectivity index (χ1n) is 28.0. The summed E-state index contributed by atoms with van der Waals surface area (Å²) in [6.45, 7) is 5.41. The summed E-state index contributed by atoms with van der Waals surface area (Å²) >= 11 is 0. The fourth-order valence-electron chi connectivity index (χ4n) is 10.6. The molecule has 0 saturated carbocycles. The molecule has 1 aromatic rings. The predicted molar refractivity (Wildman–Crippen MR) is 289 cm³/mol. The van der Waals surface area contributed by atoms with E-state index in [1.165, 1.54) is 6.08 Å². The highest BCUT2D eigenvalue weighted by molar-refractivity contribution is 6.25. The number of aliphatic hydroxyl groups excluding tert-OH is 1. The lowest BCUT2D eigenvalue weighted by atomic mass is 9.85. The second-order valence-corrected chi connectivity index (χ2v) is 21.6. The number of carboxylic acids is 4. The van der Waals surface area contributed by atoms with E-state index in [9.17, 15) is 87.9 Å². The van der Waals surface area contributed by atoms with E-state index in [2.05, 4.69) is 31.9 Å². The van der Waals surface area contributed by atoms with E-state index in [-0.39, 0.29) is 109 Å². The number of ketones is 1. The summed E-state index contributed by atoms with van der Waals surface area (Å²) in [6, 6.07) is -2.96. The van der Waals surface area contributed by atoms with Crippen molar-refractivity contribution in [2.75, 3.05) is 105 Å². The highest BCUT2D eigenvalue weighted by Gasteiger charge is 2.41. The lowest BCUT2D eigenvalue weighted by Gasteiger charge is -2.36. The Morgan fingerprint density at radius 1 is 0.667 bits per heavy atom. The zero-order valence-corrected chi connectivity index (χ0v) is 47.0. The molecular formula is C53H76N12O19. The van der Waals surface area contributed by atoms with Gasteiger partial charge in [0.1, 0.15) is 18.1 Å². The second-order valence-electron chi connectivity index (χ2n) is 21.6. The van der Waals surface area contributed by atoms with Crippen LogP contribution in [0, 0.1) is 17.8 Å². The Hall–Kier alpha value is -7.87. The summed E-state index contributed by atoms with van der Waals surface area (Å²) in [5, 5.41) is 63.4. The largest absolute Gasteiger partial charge is 0.481 e. The Kier molecular flexibility index (Phi) is 23.8. The summed E-state index contributed by atoms with van der Waals surface area (Å²) in [4.78, 5) is 174. The zero-order valence-electron chi connectivity index (χ0n) is 47.0. The fraction of sp³-hybridized carbons (Fsp3) is 0.642. The van der Waals surface area contributed by atoms with E-state index in [0.29, 0.717) is 57.9 Å². The molecule has 7 atom stereocenters. The van der Waals surface area contributed by atoms with E-state index in [1.54, 1.807) is 38.8 Å². The molecule has 462 valence electrons. The number of aromatic nitrogens is 1. The van der Waals surface area contributed by atoms with Gasteiger partial charge in [0.05, 0.1) is 50.3 Å². The van der Waals surface area contributed by atoms with Crippen LogP contribution in [-0.4, -0.2) is 267 Å². The summed E-state index contributed by atoms with van der Waals surface area (Å²) in [5.74, 6) is -14.4. The van der Waals surface area contributed by atoms with Crippen LogP contribution in [0.25, 0.3) is 5.57 Å². The third-order valence-corrected chi connectivity index (χ3v) is 15.5. The van der Waals surface area contributed by atoms with E-state index >= 15 is 0 Å². The molecule has 84 heavy (non-hydrogen) atoms. The van der Waals surface area contributed by atoms with Crippen molar-refractivity contribution in [2.45, 2.75) is 95.8 Å². The number of aryl methyl sites for hydroxylation is 1. The van der Waals surface area contributed by atoms with Gasteiger partial charge in [0.15, 0.2) is 11.7 Å². The van der Waals surface area contributed by atoms with E-state index in [4.69, 9.17) is 4.74 Å². The number of nitrogens with zero attached hydrogens (tertiary/aromatic N) is 6. The van der Waals surface area contributed by atoms with Crippen molar-refractivity contribution in [3.63, 3.8) is 0 Å². The number of aliphatic hydroxyl groups is 1. The number of aliphatic carboxylic acids is 4. The topological polar surface area (TPSA) is 426 Å². The third kappa shape index (κ3) is 18.8. The SMILES string of the molecule is CCC(C)C(NC(=O)CCNC(=O)CCNC(=O)C(CC(C(=O)O)C(=O)O)NC(=O)CN1CCN(C(=O)CN2CCN(CC(=O)O)CCN(CC(=O)O)CC2)CC1)C(=O)N[C@H]1CCn2ccc3c2C(=C[C@@H](C(=O)NC2CC(=O)OC2O)C3)C1=O. The molecule has 11 N–H and O–H groups in total. The Morgan fingerprint density at radius 2 is 1.24 bits per heavy atom. The van der Waals surface area contributed by atoms with Crippen molar-refractivity contribution in [1.82, 2.24) is 61.0 Å². The van der Waals surface area contributed by atoms with Crippen molar-refractivity contribution in [2.24, 2.45) is 17.8 Å². The minimum absolute atomic E-state index is 0.0228. The standard InChI is InChI=1S/C53H76N12O19/c1-3-30(2)45(50(78)57-35-7-11-65-10-6-31-22-32(23-33(46(31)65)47(35)75)48(76)58-37-25-44(74)84-53(37)83)59-39(67)5-8-54-38(66)4-9-55-49(77)36(24-34(51(79)80)52(81)82)56-40(68)26-60-18-20-64(21-19-60)41(69)27-61-12-14-62(28-42(70)71)16-17-63(15-13-61)29-43(72)73/h6,10,23,30,32,34-37,45,53,83H,3-5,7-9,11-22,24-29H2,1-2H3,(H,54,66)(H,55,77)(H,56,68)(H,57,78)(H,58,76)(H,59,67)(H,70,71)(H,72,73)(H,79,80)(H,81,82)/t30?,32-,35-,36?,37?,45?,53?/m0/s1. The number of ether oxygens (including phenoxy) is 1. The van der Waals surface area contributed by atoms with Gasteiger partial charge in [-0.1, -0.05) is 26.3 Å². The van der Waals surface area contributed by atoms with Gasteiger partial charge in [-0.25, -0.2) is 0 Å². The van der Waals surface area contributed by atoms with Gasteiger partial charge in [-0.2, -0.15) is 0 Å². The van der Waals surface area contributed by atoms with Gasteiger partial charge >= 0.3 is 29.8 Å². The van der Waals surface area contributed by atoms with Crippen LogP contribution in [0.3, 0.4) is 0 Å². The number of esters is 1. The van der Waals surface area contributed by atoms with Crippen LogP contribution in [0.5, 0.6) is 0 Å². The number of nitrogens with one attached hydrogen (secondary N) is 6. The molecule has 0 radical (unpaired) electrons. The maximum Gasteiger partial charge on any atom is 0.317 e. The number of hydrogen-bond acceptors (Lipinski definition) is 19. The maximum absolute atomic E-state index is 14.2. The third-order valence-electron chi connectivity index (χ3n) is 15.5. The smallest absolute Gasteiger partial charge is 0.317 e. The number of carboxylic acid groups (broad SMARTS) is 4. The number of rotatable bonds is 27. The van der Waals surface area contributed by atoms with Gasteiger partial charge in [0, 0.05) is 116 Å². The van der Waals surface area contributed by atoms with Crippen LogP contribution in [-0.2, 0) is 80.0 Å². The van der Waals surface area contributed by atoms with Crippen LogP contribution in [0.1, 0.15) is 63.6 Å². The number of amides is 7. The van der Waals surface area contributed by atoms with Gasteiger partial charge in [0.25, 0.3) is 0 Å². The van der Waals surface area contributed by atoms with Gasteiger partial charge < -0.3 is 71.6 Å². The van der Waals surface area contributed by atoms with Crippen LogP contribution in [0.4, 0.5) is 0 Å². The predicted octanol–water partition coefficient (Wildman–Crippen LogP) is -5.31. The molecule has 1 aromatic heterocycles. The van der Waals surface area contributed by atoms with Crippen LogP contribution in [0.15, 0.2) is 18.3 Å². The average Bonchev–Trinajstić information content (AvgIpc) is 2.00. The molecular weight excluding hydrogens is 1110 g/mol. The number of cyclic esters (lactones) is 1. The number of piperazine rings is 1. The molecule has 6 rings (SSSR count). The van der Waals surface area contributed by atoms with Crippen molar-refractivity contribution >= 4 is 82.6 Å². The molecule has 31 nitrogen and oxygen atoms in total. The molecule has 0 bridgehead atoms. The molecule has 0 aromatic carbocycles. The lowest BCUT2D eigenvalue weighted by Crippen LogP contribution is -2.55. The summed E-state index contributed by atoms with van der Waals surface area (Å²) < 4.78 is 6.60. The molecule has 5 aliphatic rings. The van der Waals surface area contributed by atoms with Crippen molar-refractivity contribution < 1.29 is 92.6 Å². The fourth-order valence-corrected chi connectivity index (χ4v) is 10.6. The Morgan fingerprint density at radius 3 is 1.81 bits per heavy atom. The molecule has 1 aliphatic carbocycles. The van der Waals surface area contributed by atoms with E-state index in [1.807, 2.05) is 16.4 Å². The van der Waals surface area contributed by atoms with Crippen molar-refractivity contribution in [3.05, 3.63) is 29.6 Å². The number of carbonyl (C=O) groups is 13. The average molecular weight is 1190 g/mol. The molecule has 5 unspecified atom stereocenters. The van der Waals surface area contributed by atoms with Gasteiger partial charge in [-0.3, -0.25) is 81.9 Å². The quantitative estimate of drug-likeness (QED) is 0.0289. The lowest BCUT2D eigenvalue weighted by molar-refractivity contribution is -0.156. The molecule has 3 fully saturated rings. The normalized spacial score (nSPS) is 21.8. The maximum atomic E-state index is 14.2. The minimum atomic E-state index is -2.10. The summed E-state index contributed by atoms with van der Waals surface area (Å²) in [6.07, 6.45) is 0.974. The molecule has 4 aliphatic heterocycles. The first kappa shape index (κ1) is 65.3. The van der Waals surface area contributed by atoms with Gasteiger partial charge in [-0.05, 0) is 30.4 Å². The van der Waals surface area contributed by atoms with E-state index in [0.717, 1.165) is 5.56 Å². The van der Waals surface area contributed by atoms with E-state index < -0.39 is 126 Å². The summed E-state index contributed by atoms with van der Waals surface area (Å²) in [5.41, 5.74) is 1.56. The number of carbonyl (C=O) groups excluding carboxylic acids is 9. The van der Waals surface area contributed by atoms with Crippen LogP contribution in [0.2, 0.25) is 0 Å². The minimum Gasteiger partial charge on any atom is -0.481 e. The Bertz CT molecular complexity index is 2650. The molecule has 7 amide bonds. The molecule has 3 saturated heterocycles. The number of hydrogen-bond donors (Lipinski definition) is 11. The zero-order chi connectivity index (χ0) is 61.4. The first-order valence-corrected chi connectivity index (χ1v) is 28.0. The monoisotopic (exact) mass is 1180 g/mol. The number of Topliss-reactive ketones (excluding diaryl/α,β-unsaturated/α-hetero) is 1. The van der Waals surface area contributed by atoms with Gasteiger partial charge in [-0.15, -0.1) is 0 Å². The molecule has 5 heterocycles.